The summed E-state index contributed by atoms with van der Waals surface area (Å²) in [4.78, 5) is 65.8. The molecule has 0 spiro atoms. The fourth-order valence-electron chi connectivity index (χ4n) is 4.90. The Bertz CT molecular complexity index is 811. The van der Waals surface area contributed by atoms with Gasteiger partial charge in [0.05, 0.1) is 6.04 Å². The Morgan fingerprint density at radius 1 is 1.00 bits per heavy atom. The minimum absolute atomic E-state index is 0.0208. The van der Waals surface area contributed by atoms with E-state index in [9.17, 15) is 24.0 Å². The van der Waals surface area contributed by atoms with Gasteiger partial charge in [0.25, 0.3) is 5.91 Å². The summed E-state index contributed by atoms with van der Waals surface area (Å²) in [5.74, 6) is -2.17. The fourth-order valence-corrected chi connectivity index (χ4v) is 4.90. The van der Waals surface area contributed by atoms with Crippen LogP contribution in [0.4, 0.5) is 4.79 Å². The summed E-state index contributed by atoms with van der Waals surface area (Å²) in [6.07, 6.45) is 7.95. The number of hydrogen-bond donors (Lipinski definition) is 4. The number of carbonyl (C=O) groups is 5. The highest BCUT2D eigenvalue weighted by Crippen LogP contribution is 2.30. The lowest BCUT2D eigenvalue weighted by Crippen LogP contribution is -2.58. The van der Waals surface area contributed by atoms with Gasteiger partial charge in [-0.3, -0.25) is 19.2 Å². The molecule has 10 nitrogen and oxygen atoms in total. The number of rotatable bonds is 13. The van der Waals surface area contributed by atoms with E-state index >= 15 is 0 Å². The number of nitrogens with one attached hydrogen (secondary N) is 4. The Morgan fingerprint density at radius 2 is 1.69 bits per heavy atom. The van der Waals surface area contributed by atoms with Crippen molar-refractivity contribution in [3.8, 4) is 0 Å². The number of hydrogen-bond acceptors (Lipinski definition) is 5. The lowest BCUT2D eigenvalue weighted by atomic mass is 9.96. The van der Waals surface area contributed by atoms with Crippen LogP contribution in [0.3, 0.4) is 0 Å². The Balaban J connectivity index is 2.13. The van der Waals surface area contributed by atoms with Crippen molar-refractivity contribution < 1.29 is 24.0 Å². The van der Waals surface area contributed by atoms with Crippen LogP contribution in [0.2, 0.25) is 0 Å². The van der Waals surface area contributed by atoms with Gasteiger partial charge in [0, 0.05) is 19.1 Å². The van der Waals surface area contributed by atoms with E-state index in [0.29, 0.717) is 32.2 Å². The second kappa shape index (κ2) is 14.6. The standard InChI is InChI=1S/C26H43N5O5/c1-5-11-19(22(32)24(34)27-15-6-2)29-23(33)20-14-10-16-31(20)25(35)21(18-12-8-9-13-18)30-26(36)28-17(4)7-3/h6,17-21H,2,5,7-16H2,1,3-4H3,(H,27,34)(H,29,33)(H2,28,30,36)/t17?,19?,20-,21?/m0/s1. The lowest BCUT2D eigenvalue weighted by Gasteiger charge is -2.32. The Labute approximate surface area is 214 Å². The molecule has 202 valence electrons. The highest BCUT2D eigenvalue weighted by molar-refractivity contribution is 6.38. The topological polar surface area (TPSA) is 137 Å². The van der Waals surface area contributed by atoms with Crippen LogP contribution in [0.5, 0.6) is 0 Å². The van der Waals surface area contributed by atoms with Gasteiger partial charge in [-0.05, 0) is 51.4 Å². The van der Waals surface area contributed by atoms with Gasteiger partial charge in [0.2, 0.25) is 17.6 Å². The summed E-state index contributed by atoms with van der Waals surface area (Å²) in [6.45, 7) is 9.81. The molecule has 0 radical (unpaired) electrons. The van der Waals surface area contributed by atoms with Gasteiger partial charge >= 0.3 is 6.03 Å². The van der Waals surface area contributed by atoms with Gasteiger partial charge in [-0.1, -0.05) is 39.2 Å². The summed E-state index contributed by atoms with van der Waals surface area (Å²) in [7, 11) is 0. The molecule has 2 rings (SSSR count). The molecule has 10 heteroatoms. The highest BCUT2D eigenvalue weighted by Gasteiger charge is 2.42. The molecular weight excluding hydrogens is 462 g/mol. The molecule has 2 fully saturated rings. The van der Waals surface area contributed by atoms with E-state index in [4.69, 9.17) is 0 Å². The van der Waals surface area contributed by atoms with Gasteiger partial charge in [0.1, 0.15) is 12.1 Å². The van der Waals surface area contributed by atoms with E-state index in [0.717, 1.165) is 32.1 Å². The van der Waals surface area contributed by atoms with Crippen molar-refractivity contribution in [2.75, 3.05) is 13.1 Å². The molecule has 0 aromatic heterocycles. The second-order valence-electron chi connectivity index (χ2n) is 9.85. The van der Waals surface area contributed by atoms with E-state index in [1.54, 1.807) is 0 Å². The SMILES string of the molecule is C=CCNC(=O)C(=O)C(CCC)NC(=O)[C@@H]1CCCN1C(=O)C(NC(=O)NC(C)CC)C1CCCC1. The number of urea groups is 1. The lowest BCUT2D eigenvalue weighted by molar-refractivity contribution is -0.143. The van der Waals surface area contributed by atoms with E-state index in [1.807, 2.05) is 20.8 Å². The van der Waals surface area contributed by atoms with Crippen molar-refractivity contribution in [3.63, 3.8) is 0 Å². The minimum atomic E-state index is -0.963. The highest BCUT2D eigenvalue weighted by atomic mass is 16.2. The maximum Gasteiger partial charge on any atom is 0.315 e. The van der Waals surface area contributed by atoms with Gasteiger partial charge in [0.15, 0.2) is 0 Å². The van der Waals surface area contributed by atoms with Crippen molar-refractivity contribution in [1.29, 1.82) is 0 Å². The van der Waals surface area contributed by atoms with E-state index in [2.05, 4.69) is 27.8 Å². The average Bonchev–Trinajstić information content (AvgIpc) is 3.57. The molecule has 4 N–H and O–H groups in total. The normalized spacial score (nSPS) is 20.2. The van der Waals surface area contributed by atoms with E-state index in [-0.39, 0.29) is 30.4 Å². The van der Waals surface area contributed by atoms with Gasteiger partial charge in [-0.2, -0.15) is 0 Å². The predicted octanol–water partition coefficient (Wildman–Crippen LogP) is 1.79. The first-order valence-electron chi connectivity index (χ1n) is 13.3. The Hall–Kier alpha value is -2.91. The molecule has 0 bridgehead atoms. The maximum atomic E-state index is 13.7. The molecule has 0 aromatic carbocycles. The molecule has 1 aliphatic carbocycles. The number of carbonyl (C=O) groups excluding carboxylic acids is 5. The number of likely N-dealkylation sites (tertiary alicyclic amines) is 1. The summed E-state index contributed by atoms with van der Waals surface area (Å²) < 4.78 is 0. The van der Waals surface area contributed by atoms with Crippen molar-refractivity contribution in [2.24, 2.45) is 5.92 Å². The molecule has 1 saturated carbocycles. The van der Waals surface area contributed by atoms with Gasteiger partial charge in [-0.25, -0.2) is 4.79 Å². The zero-order valence-electron chi connectivity index (χ0n) is 21.9. The molecule has 5 amide bonds. The Kier molecular flexibility index (Phi) is 11.9. The van der Waals surface area contributed by atoms with Crippen molar-refractivity contribution in [2.45, 2.75) is 103 Å². The Morgan fingerprint density at radius 3 is 2.31 bits per heavy atom. The molecule has 2 aliphatic rings. The molecule has 36 heavy (non-hydrogen) atoms. The second-order valence-corrected chi connectivity index (χ2v) is 9.85. The van der Waals surface area contributed by atoms with Crippen molar-refractivity contribution >= 4 is 29.5 Å². The summed E-state index contributed by atoms with van der Waals surface area (Å²) in [5.41, 5.74) is 0. The van der Waals surface area contributed by atoms with Crippen LogP contribution in [0.25, 0.3) is 0 Å². The van der Waals surface area contributed by atoms with Gasteiger partial charge in [-0.15, -0.1) is 6.58 Å². The third kappa shape index (κ3) is 8.06. The van der Waals surface area contributed by atoms with Crippen molar-refractivity contribution in [3.05, 3.63) is 12.7 Å². The van der Waals surface area contributed by atoms with E-state index < -0.39 is 35.7 Å². The first-order chi connectivity index (χ1) is 17.2. The van der Waals surface area contributed by atoms with E-state index in [1.165, 1.54) is 11.0 Å². The van der Waals surface area contributed by atoms with Crippen LogP contribution in [-0.2, 0) is 19.2 Å². The van der Waals surface area contributed by atoms with Crippen LogP contribution >= 0.6 is 0 Å². The number of ketones is 1. The van der Waals surface area contributed by atoms with Crippen LogP contribution in [0.1, 0.15) is 78.6 Å². The van der Waals surface area contributed by atoms with Crippen LogP contribution in [-0.4, -0.2) is 71.7 Å². The third-order valence-corrected chi connectivity index (χ3v) is 7.09. The molecular formula is C26H43N5O5. The third-order valence-electron chi connectivity index (χ3n) is 7.09. The van der Waals surface area contributed by atoms with Crippen LogP contribution in [0.15, 0.2) is 12.7 Å². The van der Waals surface area contributed by atoms with Crippen LogP contribution < -0.4 is 21.3 Å². The summed E-state index contributed by atoms with van der Waals surface area (Å²) >= 11 is 0. The molecule has 0 aromatic rings. The molecule has 3 unspecified atom stereocenters. The summed E-state index contributed by atoms with van der Waals surface area (Å²) in [5, 5.41) is 10.9. The first kappa shape index (κ1) is 29.3. The monoisotopic (exact) mass is 505 g/mol. The molecule has 1 saturated heterocycles. The summed E-state index contributed by atoms with van der Waals surface area (Å²) in [6, 6.07) is -2.82. The smallest absolute Gasteiger partial charge is 0.315 e. The predicted molar refractivity (Wildman–Crippen MR) is 137 cm³/mol. The largest absolute Gasteiger partial charge is 0.346 e. The zero-order valence-corrected chi connectivity index (χ0v) is 21.9. The number of amides is 5. The maximum absolute atomic E-state index is 13.7. The molecule has 1 aliphatic heterocycles. The number of nitrogens with zero attached hydrogens (tertiary/aromatic N) is 1. The van der Waals surface area contributed by atoms with Gasteiger partial charge < -0.3 is 26.2 Å². The van der Waals surface area contributed by atoms with Crippen LogP contribution in [0, 0.1) is 5.92 Å². The molecule has 4 atom stereocenters. The average molecular weight is 506 g/mol. The van der Waals surface area contributed by atoms with Crippen molar-refractivity contribution in [1.82, 2.24) is 26.2 Å². The number of Topliss-reactive ketones (excluding diaryl/α,β-unsaturated/α-hetero) is 1. The zero-order chi connectivity index (χ0) is 26.7. The first-order valence-corrected chi connectivity index (χ1v) is 13.3. The minimum Gasteiger partial charge on any atom is -0.346 e. The molecule has 1 heterocycles. The fraction of sp³-hybridized carbons (Fsp3) is 0.731. The quantitative estimate of drug-likeness (QED) is 0.223.